The molecule has 2 heterocycles. The second-order valence-corrected chi connectivity index (χ2v) is 5.69. The number of carbonyl (C=O) groups is 1. The van der Waals surface area contributed by atoms with Gasteiger partial charge in [0, 0.05) is 13.1 Å². The summed E-state index contributed by atoms with van der Waals surface area (Å²) in [5.41, 5.74) is 6.95. The Morgan fingerprint density at radius 2 is 2.18 bits per heavy atom. The molecule has 1 saturated heterocycles. The normalized spacial score (nSPS) is 19.9. The molecule has 0 radical (unpaired) electrons. The van der Waals surface area contributed by atoms with Gasteiger partial charge in [0.15, 0.2) is 5.82 Å². The fraction of sp³-hybridized carbons (Fsp3) is 0.438. The molecule has 0 aliphatic carbocycles. The van der Waals surface area contributed by atoms with E-state index in [1.54, 1.807) is 6.92 Å². The van der Waals surface area contributed by atoms with Crippen LogP contribution in [0.4, 0.5) is 0 Å². The molecule has 2 N–H and O–H groups in total. The van der Waals surface area contributed by atoms with E-state index in [9.17, 15) is 4.79 Å². The lowest BCUT2D eigenvalue weighted by Crippen LogP contribution is -2.43. The molecular formula is C16H20N4O2. The highest BCUT2D eigenvalue weighted by Crippen LogP contribution is 2.27. The molecule has 2 aromatic rings. The number of nitrogens with two attached hydrogens (primary N) is 1. The Balaban J connectivity index is 1.70. The van der Waals surface area contributed by atoms with Crippen molar-refractivity contribution in [1.29, 1.82) is 0 Å². The lowest BCUT2D eigenvalue weighted by atomic mass is 9.96. The molecule has 0 spiro atoms. The summed E-state index contributed by atoms with van der Waals surface area (Å²) in [6, 6.07) is 8.84. The summed E-state index contributed by atoms with van der Waals surface area (Å²) in [4.78, 5) is 18.7. The number of likely N-dealkylation sites (tertiary alicyclic amines) is 1. The van der Waals surface area contributed by atoms with Crippen molar-refractivity contribution in [3.63, 3.8) is 0 Å². The van der Waals surface area contributed by atoms with Gasteiger partial charge in [0.05, 0.1) is 5.92 Å². The van der Waals surface area contributed by atoms with E-state index in [1.165, 1.54) is 0 Å². The Hall–Kier alpha value is -2.21. The summed E-state index contributed by atoms with van der Waals surface area (Å²) < 4.78 is 5.25. The average Bonchev–Trinajstić information content (AvgIpc) is 3.01. The second-order valence-electron chi connectivity index (χ2n) is 5.69. The van der Waals surface area contributed by atoms with Crippen LogP contribution in [-0.4, -0.2) is 34.0 Å². The summed E-state index contributed by atoms with van der Waals surface area (Å²) in [6.45, 7) is 3.11. The van der Waals surface area contributed by atoms with Gasteiger partial charge in [-0.2, -0.15) is 4.98 Å². The van der Waals surface area contributed by atoms with Crippen LogP contribution in [0.3, 0.4) is 0 Å². The molecule has 1 aliphatic rings. The molecule has 1 aliphatic heterocycles. The number of amides is 1. The Morgan fingerprint density at radius 1 is 1.41 bits per heavy atom. The molecule has 22 heavy (non-hydrogen) atoms. The third-order valence-corrected chi connectivity index (χ3v) is 4.05. The number of hydrogen-bond acceptors (Lipinski definition) is 5. The van der Waals surface area contributed by atoms with Crippen LogP contribution in [-0.2, 0) is 4.79 Å². The molecular weight excluding hydrogens is 280 g/mol. The van der Waals surface area contributed by atoms with Crippen molar-refractivity contribution in [2.45, 2.75) is 31.7 Å². The summed E-state index contributed by atoms with van der Waals surface area (Å²) in [7, 11) is 0. The summed E-state index contributed by atoms with van der Waals surface area (Å²) >= 11 is 0. The number of piperidine rings is 1. The highest BCUT2D eigenvalue weighted by molar-refractivity contribution is 5.83. The molecule has 2 unspecified atom stereocenters. The maximum absolute atomic E-state index is 12.6. The number of benzene rings is 1. The minimum atomic E-state index is -0.621. The fourth-order valence-electron chi connectivity index (χ4n) is 2.86. The van der Waals surface area contributed by atoms with Gasteiger partial charge in [-0.25, -0.2) is 0 Å². The molecule has 6 heteroatoms. The van der Waals surface area contributed by atoms with Gasteiger partial charge in [-0.15, -0.1) is 0 Å². The molecule has 1 amide bonds. The molecule has 2 atom stereocenters. The maximum Gasteiger partial charge on any atom is 0.244 e. The monoisotopic (exact) mass is 300 g/mol. The van der Waals surface area contributed by atoms with Gasteiger partial charge in [0.25, 0.3) is 0 Å². The van der Waals surface area contributed by atoms with E-state index in [4.69, 9.17) is 10.3 Å². The topological polar surface area (TPSA) is 85.2 Å². The molecule has 1 aromatic carbocycles. The van der Waals surface area contributed by atoms with Crippen LogP contribution in [0, 0.1) is 6.92 Å². The van der Waals surface area contributed by atoms with Crippen molar-refractivity contribution in [1.82, 2.24) is 15.0 Å². The molecule has 1 fully saturated rings. The number of aromatic nitrogens is 2. The van der Waals surface area contributed by atoms with E-state index in [-0.39, 0.29) is 11.8 Å². The van der Waals surface area contributed by atoms with Crippen molar-refractivity contribution in [2.75, 3.05) is 13.1 Å². The van der Waals surface area contributed by atoms with E-state index in [0.29, 0.717) is 18.3 Å². The first-order chi connectivity index (χ1) is 10.6. The average molecular weight is 300 g/mol. The number of hydrogen-bond donors (Lipinski definition) is 1. The number of nitrogens with zero attached hydrogens (tertiary/aromatic N) is 3. The van der Waals surface area contributed by atoms with E-state index in [2.05, 4.69) is 10.1 Å². The summed E-state index contributed by atoms with van der Waals surface area (Å²) in [5.74, 6) is 1.29. The van der Waals surface area contributed by atoms with Crippen LogP contribution >= 0.6 is 0 Å². The zero-order chi connectivity index (χ0) is 15.5. The van der Waals surface area contributed by atoms with E-state index < -0.39 is 6.04 Å². The zero-order valence-electron chi connectivity index (χ0n) is 12.6. The first-order valence-electron chi connectivity index (χ1n) is 7.54. The highest BCUT2D eigenvalue weighted by atomic mass is 16.5. The van der Waals surface area contributed by atoms with Crippen molar-refractivity contribution in [3.8, 4) is 0 Å². The van der Waals surface area contributed by atoms with Gasteiger partial charge in [-0.05, 0) is 25.3 Å². The SMILES string of the molecule is Cc1noc(C2CCCN(C(=O)C(N)c3ccccc3)C2)n1. The standard InChI is InChI=1S/C16H20N4O2/c1-11-18-15(22-19-11)13-8-5-9-20(10-13)16(21)14(17)12-6-3-2-4-7-12/h2-4,6-7,13-14H,5,8-10,17H2,1H3. The molecule has 0 bridgehead atoms. The van der Waals surface area contributed by atoms with Crippen LogP contribution in [0.2, 0.25) is 0 Å². The van der Waals surface area contributed by atoms with Crippen molar-refractivity contribution in [3.05, 3.63) is 47.6 Å². The van der Waals surface area contributed by atoms with E-state index in [0.717, 1.165) is 24.9 Å². The van der Waals surface area contributed by atoms with Crippen LogP contribution in [0.25, 0.3) is 0 Å². The lowest BCUT2D eigenvalue weighted by Gasteiger charge is -2.32. The molecule has 0 saturated carbocycles. The third kappa shape index (κ3) is 3.01. The Labute approximate surface area is 129 Å². The van der Waals surface area contributed by atoms with Gasteiger partial charge in [-0.1, -0.05) is 35.5 Å². The first kappa shape index (κ1) is 14.7. The Kier molecular flexibility index (Phi) is 4.20. The largest absolute Gasteiger partial charge is 0.340 e. The highest BCUT2D eigenvalue weighted by Gasteiger charge is 2.30. The van der Waals surface area contributed by atoms with Gasteiger partial charge < -0.3 is 15.2 Å². The van der Waals surface area contributed by atoms with Crippen LogP contribution in [0.5, 0.6) is 0 Å². The fourth-order valence-corrected chi connectivity index (χ4v) is 2.86. The minimum absolute atomic E-state index is 0.0489. The van der Waals surface area contributed by atoms with E-state index >= 15 is 0 Å². The lowest BCUT2D eigenvalue weighted by molar-refractivity contribution is -0.134. The zero-order valence-corrected chi connectivity index (χ0v) is 12.6. The number of aryl methyl sites for hydroxylation is 1. The van der Waals surface area contributed by atoms with Gasteiger partial charge in [-0.3, -0.25) is 4.79 Å². The molecule has 3 rings (SSSR count). The summed E-state index contributed by atoms with van der Waals surface area (Å²) in [6.07, 6.45) is 1.87. The predicted molar refractivity (Wildman–Crippen MR) is 81.0 cm³/mol. The Bertz CT molecular complexity index is 641. The van der Waals surface area contributed by atoms with Crippen LogP contribution in [0.1, 0.15) is 42.1 Å². The van der Waals surface area contributed by atoms with Gasteiger partial charge >= 0.3 is 0 Å². The van der Waals surface area contributed by atoms with Crippen LogP contribution in [0.15, 0.2) is 34.9 Å². The minimum Gasteiger partial charge on any atom is -0.340 e. The smallest absolute Gasteiger partial charge is 0.244 e. The molecule has 116 valence electrons. The van der Waals surface area contributed by atoms with Crippen molar-refractivity contribution in [2.24, 2.45) is 5.73 Å². The van der Waals surface area contributed by atoms with Crippen molar-refractivity contribution < 1.29 is 9.32 Å². The van der Waals surface area contributed by atoms with Crippen molar-refractivity contribution >= 4 is 5.91 Å². The quantitative estimate of drug-likeness (QED) is 0.934. The van der Waals surface area contributed by atoms with E-state index in [1.807, 2.05) is 35.2 Å². The summed E-state index contributed by atoms with van der Waals surface area (Å²) in [5, 5.41) is 3.83. The Morgan fingerprint density at radius 3 is 2.86 bits per heavy atom. The van der Waals surface area contributed by atoms with Gasteiger partial charge in [0.1, 0.15) is 6.04 Å². The number of rotatable bonds is 3. The third-order valence-electron chi connectivity index (χ3n) is 4.05. The first-order valence-corrected chi connectivity index (χ1v) is 7.54. The molecule has 6 nitrogen and oxygen atoms in total. The van der Waals surface area contributed by atoms with Gasteiger partial charge in [0.2, 0.25) is 11.8 Å². The predicted octanol–water partition coefficient (Wildman–Crippen LogP) is 1.78. The van der Waals surface area contributed by atoms with Crippen LogP contribution < -0.4 is 5.73 Å². The molecule has 1 aromatic heterocycles. The second kappa shape index (κ2) is 6.27. The number of carbonyl (C=O) groups excluding carboxylic acids is 1. The maximum atomic E-state index is 12.6.